The molecule has 2 aromatic rings. The minimum absolute atomic E-state index is 0.0653. The molecule has 4 bridgehead atoms. The number of benzene rings is 2. The van der Waals surface area contributed by atoms with Gasteiger partial charge in [-0.05, 0) is 126 Å². The second-order valence-electron chi connectivity index (χ2n) is 34.9. The standard InChI is InChI=1S/C43H58F2N2O14.C40H51F2NO13/c1-21(2)56-39(53)46-30(36(44)45)31(50)38(52)57-26-17-43(54)35(60-37(51)24-11-9-8-10-12-24)33-41(7,15-13-27-42(33,20-55-27)61-23(4)49)34-32(29(22(26)3)40(43,5)6)58-28(59-34)18-47-16-14-25(47)19-48;1-9-25-53-29-26-20(4)23(52-35(47)28(45)27(33(41)42)43-36(48)51-19(2)3)17-40(49,37(26,6)7)32(55-34(46)22-13-11-10-12-14-22)30-38(8,31(29)54-25)16-15-24-39(30,18-50-24)56-21(5)44/h8-12,21,25-28,30-36,48,50,54H,13-20H2,1-7H3,(H,46,53);9-14,19,23-25,27-33,45,49H,1,15-18H2,2-8H3,(H,43,48)/t25-,26-,27+,28+,30+,31+,32+,33-,34+,35-,41+,42-,43+;23-,24+,25+,27+,28+,29+,30-,31+,32-,38+,39-,40+/m00/s1. The van der Waals surface area contributed by atoms with Crippen molar-refractivity contribution in [2.45, 2.75) is 293 Å². The van der Waals surface area contributed by atoms with Gasteiger partial charge in [0.05, 0.1) is 67.2 Å². The predicted octanol–water partition coefficient (Wildman–Crippen LogP) is 7.20. The smallest absolute Gasteiger partial charge is 0.407 e. The fourth-order valence-electron chi connectivity index (χ4n) is 20.7. The maximum atomic E-state index is 14.3. The molecule has 5 heterocycles. The number of hydrogen-bond acceptors (Lipinski definition) is 28. The highest BCUT2D eigenvalue weighted by Gasteiger charge is 2.80. The quantitative estimate of drug-likeness (QED) is 0.0265. The van der Waals surface area contributed by atoms with Gasteiger partial charge in [0, 0.05) is 67.5 Å². The summed E-state index contributed by atoms with van der Waals surface area (Å²) in [6, 6.07) is 11.3. The molecule has 25 atom stereocenters. The maximum Gasteiger partial charge on any atom is 0.407 e. The number of hydrogen-bond donors (Lipinski definition) is 7. The van der Waals surface area contributed by atoms with Crippen LogP contribution in [0.15, 0.2) is 95.6 Å². The topological polar surface area (TPSA) is 394 Å². The molecule has 6 aliphatic carbocycles. The number of nitrogens with one attached hydrogen (secondary N) is 2. The number of ether oxygens (including phenoxy) is 14. The predicted molar refractivity (Wildman–Crippen MR) is 399 cm³/mol. The van der Waals surface area contributed by atoms with Crippen LogP contribution in [-0.2, 0) is 85.5 Å². The summed E-state index contributed by atoms with van der Waals surface area (Å²) in [6.07, 6.45) is -25.7. The fourth-order valence-corrected chi connectivity index (χ4v) is 20.7. The highest BCUT2D eigenvalue weighted by molar-refractivity contribution is 5.90. The van der Waals surface area contributed by atoms with Crippen molar-refractivity contribution in [1.82, 2.24) is 15.5 Å². The van der Waals surface area contributed by atoms with Gasteiger partial charge in [-0.1, -0.05) is 84.5 Å². The molecule has 11 aliphatic rings. The van der Waals surface area contributed by atoms with Gasteiger partial charge >= 0.3 is 48.0 Å². The van der Waals surface area contributed by atoms with Gasteiger partial charge in [0.15, 0.2) is 36.0 Å². The van der Waals surface area contributed by atoms with E-state index in [0.717, 1.165) is 6.42 Å². The summed E-state index contributed by atoms with van der Waals surface area (Å²) in [7, 11) is 0. The molecule has 2 aromatic carbocycles. The SMILES string of the molecule is C=C[C@@H]1O[C@@H]2C3=C(C)[C@@H](OC(=O)[C@H](O)[C@@H](NC(=O)OC(C)C)C(F)F)C[C@@](O)([C@@H](OC(=O)c4ccccc4)[C@H]4[C@@](C)(CC[C@H]5OC[C@]54OC(C)=O)[C@@H]2O1)C3(C)C.CC(=O)O[C@@]12CO[C@@H]1CC[C@@]1(C)[C@@H]3O[C@H](CN4CC[C@H]4CO)O[C@@H]3C3=C(C)[C@@H](OC(=O)[C@H](O)[C@@H](NC(=O)OC(C)C)C(F)F)C[C@@](O)([C@@H](OC(=O)c4ccccc4)[C@@H]12)C3(C)C. The normalized spacial score (nSPS) is 37.0. The summed E-state index contributed by atoms with van der Waals surface area (Å²) in [5.74, 6) is -8.01. The number of fused-ring (bicyclic) bond motifs is 16. The van der Waals surface area contributed by atoms with E-state index in [-0.39, 0.29) is 43.5 Å². The van der Waals surface area contributed by atoms with Crippen LogP contribution in [0.2, 0.25) is 0 Å². The van der Waals surface area contributed by atoms with Crippen LogP contribution in [0, 0.1) is 33.5 Å². The second kappa shape index (κ2) is 33.3. The Kier molecular flexibility index (Phi) is 25.2. The van der Waals surface area contributed by atoms with E-state index in [2.05, 4.69) is 6.58 Å². The molecule has 646 valence electrons. The van der Waals surface area contributed by atoms with Crippen molar-refractivity contribution in [3.63, 3.8) is 0 Å². The van der Waals surface area contributed by atoms with Crippen LogP contribution in [0.4, 0.5) is 27.2 Å². The molecule has 0 unspecified atom stereocenters. The van der Waals surface area contributed by atoms with Gasteiger partial charge in [0.1, 0.15) is 72.1 Å². The second-order valence-corrected chi connectivity index (χ2v) is 34.9. The first-order valence-electron chi connectivity index (χ1n) is 39.8. The number of amides is 2. The van der Waals surface area contributed by atoms with E-state index in [1.165, 1.54) is 47.6 Å². The van der Waals surface area contributed by atoms with Gasteiger partial charge in [-0.3, -0.25) is 14.5 Å². The number of rotatable bonds is 22. The van der Waals surface area contributed by atoms with Crippen LogP contribution in [0.1, 0.15) is 163 Å². The van der Waals surface area contributed by atoms with E-state index in [4.69, 9.17) is 66.3 Å². The van der Waals surface area contributed by atoms with E-state index in [9.17, 15) is 81.5 Å². The summed E-state index contributed by atoms with van der Waals surface area (Å²) in [5.41, 5.74) is -10.2. The minimum Gasteiger partial charge on any atom is -0.456 e. The third-order valence-electron chi connectivity index (χ3n) is 26.6. The van der Waals surface area contributed by atoms with Crippen molar-refractivity contribution in [3.8, 4) is 0 Å². The number of alkyl halides is 4. The van der Waals surface area contributed by atoms with E-state index in [0.29, 0.717) is 54.5 Å². The molecule has 0 aromatic heterocycles. The van der Waals surface area contributed by atoms with Crippen LogP contribution in [0.5, 0.6) is 0 Å². The zero-order valence-corrected chi connectivity index (χ0v) is 68.0. The van der Waals surface area contributed by atoms with Gasteiger partial charge in [-0.15, -0.1) is 0 Å². The molecule has 34 heteroatoms. The van der Waals surface area contributed by atoms with Crippen LogP contribution < -0.4 is 10.6 Å². The van der Waals surface area contributed by atoms with Crippen LogP contribution in [-0.4, -0.2) is 263 Å². The Hall–Kier alpha value is -7.74. The first kappa shape index (κ1) is 88.5. The van der Waals surface area contributed by atoms with Crippen molar-refractivity contribution in [1.29, 1.82) is 0 Å². The number of alkyl carbamates (subject to hydrolysis) is 2. The molecular weight excluding hydrogens is 1550 g/mol. The van der Waals surface area contributed by atoms with Crippen molar-refractivity contribution < 1.29 is 148 Å². The van der Waals surface area contributed by atoms with Crippen LogP contribution in [0.3, 0.4) is 0 Å². The number of carbonyl (C=O) groups excluding carboxylic acids is 8. The molecule has 9 fully saturated rings. The Morgan fingerprint density at radius 1 is 0.590 bits per heavy atom. The van der Waals surface area contributed by atoms with E-state index < -0.39 is 240 Å². The number of halogens is 4. The van der Waals surface area contributed by atoms with Crippen molar-refractivity contribution >= 4 is 48.0 Å². The molecule has 5 aliphatic heterocycles. The minimum atomic E-state index is -3.43. The molecule has 4 saturated carbocycles. The number of nitrogens with zero attached hydrogens (tertiary/aromatic N) is 1. The van der Waals surface area contributed by atoms with Gasteiger partial charge in [0.2, 0.25) is 0 Å². The van der Waals surface area contributed by atoms with Gasteiger partial charge in [-0.25, -0.2) is 46.3 Å². The summed E-state index contributed by atoms with van der Waals surface area (Å²) >= 11 is 0. The summed E-state index contributed by atoms with van der Waals surface area (Å²) in [5, 5.41) is 62.9. The first-order chi connectivity index (χ1) is 54.9. The Balaban J connectivity index is 0.000000216. The third-order valence-corrected chi connectivity index (χ3v) is 26.6. The van der Waals surface area contributed by atoms with Crippen molar-refractivity contribution in [3.05, 3.63) is 107 Å². The average molecular weight is 1660 g/mol. The Labute approximate surface area is 675 Å². The van der Waals surface area contributed by atoms with E-state index in [1.54, 1.807) is 102 Å². The van der Waals surface area contributed by atoms with Crippen LogP contribution in [0.25, 0.3) is 0 Å². The summed E-state index contributed by atoms with van der Waals surface area (Å²) in [6.45, 7) is 27.1. The average Bonchev–Trinajstić information content (AvgIpc) is 1.66. The zero-order chi connectivity index (χ0) is 85.5. The number of carbonyl (C=O) groups is 8. The third kappa shape index (κ3) is 15.7. The lowest BCUT2D eigenvalue weighted by molar-refractivity contribution is -0.345. The Morgan fingerprint density at radius 2 is 0.991 bits per heavy atom. The number of esters is 6. The highest BCUT2D eigenvalue weighted by Crippen LogP contribution is 2.69. The molecule has 0 spiro atoms. The van der Waals surface area contributed by atoms with Gasteiger partial charge < -0.3 is 102 Å². The number of likely N-dealkylation sites (tertiary alicyclic amines) is 1. The largest absolute Gasteiger partial charge is 0.456 e. The lowest BCUT2D eigenvalue weighted by Gasteiger charge is -2.68. The van der Waals surface area contributed by atoms with Crippen molar-refractivity contribution in [2.24, 2.45) is 33.5 Å². The fraction of sp³-hybridized carbons (Fsp3) is 0.687. The molecular formula is C83H109F4N3O27. The number of aliphatic hydroxyl groups is 5. The molecule has 30 nitrogen and oxygen atoms in total. The Bertz CT molecular complexity index is 4150. The first-order valence-corrected chi connectivity index (χ1v) is 39.8. The lowest BCUT2D eigenvalue weighted by atomic mass is 9.45. The molecule has 5 saturated heterocycles. The molecule has 7 N–H and O–H groups in total. The summed E-state index contributed by atoms with van der Waals surface area (Å²) < 4.78 is 143. The van der Waals surface area contributed by atoms with E-state index >= 15 is 0 Å². The highest BCUT2D eigenvalue weighted by atomic mass is 19.3. The van der Waals surface area contributed by atoms with Gasteiger partial charge in [-0.2, -0.15) is 0 Å². The Morgan fingerprint density at radius 3 is 1.33 bits per heavy atom. The number of aliphatic hydroxyl groups excluding tert-OH is 3. The maximum absolute atomic E-state index is 14.3. The summed E-state index contributed by atoms with van der Waals surface area (Å²) in [4.78, 5) is 109. The van der Waals surface area contributed by atoms with Crippen LogP contribution >= 0.6 is 0 Å². The monoisotopic (exact) mass is 1660 g/mol. The van der Waals surface area contributed by atoms with Gasteiger partial charge in [0.25, 0.3) is 12.9 Å². The van der Waals surface area contributed by atoms with Crippen molar-refractivity contribution in [2.75, 3.05) is 32.9 Å². The lowest BCUT2D eigenvalue weighted by Crippen LogP contribution is -2.79. The molecule has 13 rings (SSSR count). The molecule has 2 amide bonds. The molecule has 0 radical (unpaired) electrons. The molecule has 117 heavy (non-hydrogen) atoms. The van der Waals surface area contributed by atoms with E-state index in [1.807, 2.05) is 29.4 Å². The zero-order valence-electron chi connectivity index (χ0n) is 68.0.